The van der Waals surface area contributed by atoms with Gasteiger partial charge in [0, 0.05) is 30.0 Å². The van der Waals surface area contributed by atoms with Crippen molar-refractivity contribution in [3.63, 3.8) is 0 Å². The van der Waals surface area contributed by atoms with Crippen LogP contribution < -0.4 is 4.74 Å². The smallest absolute Gasteiger partial charge is 0.271 e. The Hall–Kier alpha value is -5.33. The average molecular weight is 563 g/mol. The average Bonchev–Trinajstić information content (AvgIpc) is 3.44. The van der Waals surface area contributed by atoms with Crippen LogP contribution in [0.15, 0.2) is 102 Å². The Morgan fingerprint density at radius 3 is 2.48 bits per heavy atom. The molecule has 0 atom stereocenters. The van der Waals surface area contributed by atoms with Crippen molar-refractivity contribution in [3.8, 4) is 28.8 Å². The molecule has 0 spiro atoms. The van der Waals surface area contributed by atoms with E-state index in [9.17, 15) is 19.2 Å². The molecule has 9 heteroatoms. The van der Waals surface area contributed by atoms with Crippen LogP contribution in [0.3, 0.4) is 0 Å². The first kappa shape index (κ1) is 28.2. The highest BCUT2D eigenvalue weighted by Crippen LogP contribution is 2.32. The van der Waals surface area contributed by atoms with Gasteiger partial charge in [0.2, 0.25) is 0 Å². The van der Waals surface area contributed by atoms with Crippen molar-refractivity contribution >= 4 is 17.9 Å². The summed E-state index contributed by atoms with van der Waals surface area (Å²) in [6, 6.07) is 24.9. The van der Waals surface area contributed by atoms with E-state index in [1.807, 2.05) is 60.7 Å². The lowest BCUT2D eigenvalue weighted by Crippen LogP contribution is -2.44. The Labute approximate surface area is 242 Å². The molecule has 0 aliphatic carbocycles. The molecule has 2 heterocycles. The maximum Gasteiger partial charge on any atom is 0.271 e. The van der Waals surface area contributed by atoms with Gasteiger partial charge in [-0.3, -0.25) is 14.5 Å². The molecule has 210 valence electrons. The number of carbonyl (C=O) groups excluding carboxylic acids is 2. The molecule has 0 saturated heterocycles. The van der Waals surface area contributed by atoms with Gasteiger partial charge in [-0.15, -0.1) is 0 Å². The van der Waals surface area contributed by atoms with Gasteiger partial charge in [0.15, 0.2) is 0 Å². The predicted molar refractivity (Wildman–Crippen MR) is 155 cm³/mol. The number of carbonyl (C=O) groups is 2. The van der Waals surface area contributed by atoms with Crippen molar-refractivity contribution in [1.29, 1.82) is 5.26 Å². The Morgan fingerprint density at radius 1 is 1.00 bits per heavy atom. The van der Waals surface area contributed by atoms with Crippen molar-refractivity contribution < 1.29 is 23.5 Å². The van der Waals surface area contributed by atoms with Crippen LogP contribution in [-0.2, 0) is 20.9 Å². The molecule has 1 aliphatic heterocycles. The number of rotatable bonds is 9. The lowest BCUT2D eigenvalue weighted by molar-refractivity contribution is -0.141. The van der Waals surface area contributed by atoms with E-state index in [-0.39, 0.29) is 36.7 Å². The monoisotopic (exact) mass is 562 g/mol. The number of para-hydroxylation sites is 1. The van der Waals surface area contributed by atoms with E-state index in [2.05, 4.69) is 0 Å². The number of amides is 2. The van der Waals surface area contributed by atoms with Gasteiger partial charge in [0.1, 0.15) is 35.5 Å². The number of halogens is 1. The Bertz CT molecular complexity index is 1730. The lowest BCUT2D eigenvalue weighted by Gasteiger charge is -2.27. The SMILES string of the molecule is COCCN1C(=O)C(C#N)=C(C)/C(=C\c2cn(-c3ccccc3)nc2-c2cccc(OCc3ccc(F)cc3)c2)C1=O. The summed E-state index contributed by atoms with van der Waals surface area (Å²) in [5, 5.41) is 14.6. The van der Waals surface area contributed by atoms with Crippen LogP contribution in [0.2, 0.25) is 0 Å². The lowest BCUT2D eigenvalue weighted by atomic mass is 9.93. The number of ether oxygens (including phenoxy) is 2. The van der Waals surface area contributed by atoms with Gasteiger partial charge in [0.05, 0.1) is 18.8 Å². The van der Waals surface area contributed by atoms with Crippen LogP contribution >= 0.6 is 0 Å². The van der Waals surface area contributed by atoms with E-state index in [0.29, 0.717) is 22.6 Å². The van der Waals surface area contributed by atoms with Crippen LogP contribution in [0.5, 0.6) is 5.75 Å². The Morgan fingerprint density at radius 2 is 1.76 bits per heavy atom. The van der Waals surface area contributed by atoms with Crippen LogP contribution in [-0.4, -0.2) is 46.8 Å². The summed E-state index contributed by atoms with van der Waals surface area (Å²) in [7, 11) is 1.48. The highest BCUT2D eigenvalue weighted by atomic mass is 19.1. The third-order valence-electron chi connectivity index (χ3n) is 6.83. The number of nitrogens with zero attached hydrogens (tertiary/aromatic N) is 4. The molecule has 42 heavy (non-hydrogen) atoms. The maximum atomic E-state index is 13.5. The van der Waals surface area contributed by atoms with E-state index >= 15 is 0 Å². The molecule has 0 N–H and O–H groups in total. The number of hydrogen-bond donors (Lipinski definition) is 0. The van der Waals surface area contributed by atoms with Crippen molar-refractivity contribution in [2.45, 2.75) is 13.5 Å². The summed E-state index contributed by atoms with van der Waals surface area (Å²) in [6.45, 7) is 2.01. The molecule has 0 bridgehead atoms. The normalized spacial score (nSPS) is 14.4. The van der Waals surface area contributed by atoms with Crippen LogP contribution in [0, 0.1) is 17.1 Å². The molecule has 4 aromatic rings. The fourth-order valence-electron chi connectivity index (χ4n) is 4.58. The van der Waals surface area contributed by atoms with Crippen LogP contribution in [0.1, 0.15) is 18.1 Å². The Balaban J connectivity index is 1.57. The topological polar surface area (TPSA) is 97.5 Å². The second kappa shape index (κ2) is 12.5. The molecular formula is C33H27FN4O4. The minimum atomic E-state index is -0.639. The van der Waals surface area contributed by atoms with Crippen molar-refractivity contribution in [2.24, 2.45) is 0 Å². The molecule has 0 unspecified atom stereocenters. The van der Waals surface area contributed by atoms with Gasteiger partial charge >= 0.3 is 0 Å². The van der Waals surface area contributed by atoms with E-state index in [4.69, 9.17) is 14.6 Å². The van der Waals surface area contributed by atoms with Gasteiger partial charge in [-0.25, -0.2) is 9.07 Å². The van der Waals surface area contributed by atoms with Crippen molar-refractivity contribution in [3.05, 3.63) is 119 Å². The van der Waals surface area contributed by atoms with Crippen LogP contribution in [0.4, 0.5) is 4.39 Å². The molecule has 3 aromatic carbocycles. The number of nitriles is 1. The quantitative estimate of drug-likeness (QED) is 0.198. The van der Waals surface area contributed by atoms with Crippen LogP contribution in [0.25, 0.3) is 23.0 Å². The van der Waals surface area contributed by atoms with E-state index in [0.717, 1.165) is 21.7 Å². The second-order valence-corrected chi connectivity index (χ2v) is 9.58. The standard InChI is InChI=1S/C33H27FN4O4/c1-22-29(32(39)37(15-16-41-2)33(40)30(22)19-35)18-25-20-38(27-8-4-3-5-9-27)36-31(25)24-7-6-10-28(17-24)42-21-23-11-13-26(34)14-12-23/h3-14,17-18,20H,15-16,21H2,1-2H3/b29-18+. The summed E-state index contributed by atoms with van der Waals surface area (Å²) in [6.07, 6.45) is 3.46. The molecule has 5 rings (SSSR count). The van der Waals surface area contributed by atoms with Gasteiger partial charge in [-0.05, 0) is 60.5 Å². The first-order valence-corrected chi connectivity index (χ1v) is 13.2. The summed E-state index contributed by atoms with van der Waals surface area (Å²) < 4.78 is 26.0. The predicted octanol–water partition coefficient (Wildman–Crippen LogP) is 5.50. The molecular weight excluding hydrogens is 535 g/mol. The molecule has 0 saturated carbocycles. The number of methoxy groups -OCH3 is 1. The summed E-state index contributed by atoms with van der Waals surface area (Å²) in [4.78, 5) is 27.4. The van der Waals surface area contributed by atoms with Gasteiger partial charge < -0.3 is 9.47 Å². The highest BCUT2D eigenvalue weighted by Gasteiger charge is 2.35. The summed E-state index contributed by atoms with van der Waals surface area (Å²) in [5.41, 5.74) is 3.96. The maximum absolute atomic E-state index is 13.5. The largest absolute Gasteiger partial charge is 0.489 e. The molecule has 1 aliphatic rings. The van der Waals surface area contributed by atoms with Gasteiger partial charge in [-0.1, -0.05) is 42.5 Å². The number of imide groups is 1. The first-order valence-electron chi connectivity index (χ1n) is 13.2. The van der Waals surface area contributed by atoms with Crippen molar-refractivity contribution in [1.82, 2.24) is 14.7 Å². The van der Waals surface area contributed by atoms with Gasteiger partial charge in [0.25, 0.3) is 11.8 Å². The number of hydrogen-bond acceptors (Lipinski definition) is 6. The first-order chi connectivity index (χ1) is 20.4. The molecule has 0 fully saturated rings. The van der Waals surface area contributed by atoms with Crippen molar-refractivity contribution in [2.75, 3.05) is 20.3 Å². The molecule has 8 nitrogen and oxygen atoms in total. The van der Waals surface area contributed by atoms with E-state index < -0.39 is 11.8 Å². The third-order valence-corrected chi connectivity index (χ3v) is 6.83. The molecule has 0 radical (unpaired) electrons. The summed E-state index contributed by atoms with van der Waals surface area (Å²) in [5.74, 6) is -0.882. The molecule has 2 amide bonds. The number of aromatic nitrogens is 2. The minimum Gasteiger partial charge on any atom is -0.489 e. The highest BCUT2D eigenvalue weighted by molar-refractivity contribution is 6.19. The Kier molecular flexibility index (Phi) is 8.37. The third kappa shape index (κ3) is 5.89. The number of benzene rings is 3. The zero-order chi connectivity index (χ0) is 29.6. The fourth-order valence-corrected chi connectivity index (χ4v) is 4.58. The van der Waals surface area contributed by atoms with E-state index in [1.54, 1.807) is 36.0 Å². The zero-order valence-electron chi connectivity index (χ0n) is 23.1. The van der Waals surface area contributed by atoms with E-state index in [1.165, 1.54) is 19.2 Å². The molecule has 1 aromatic heterocycles. The van der Waals surface area contributed by atoms with Gasteiger partial charge in [-0.2, -0.15) is 10.4 Å². The fraction of sp³-hybridized carbons (Fsp3) is 0.152. The minimum absolute atomic E-state index is 0.0214. The summed E-state index contributed by atoms with van der Waals surface area (Å²) >= 11 is 0. The second-order valence-electron chi connectivity index (χ2n) is 9.58. The zero-order valence-corrected chi connectivity index (χ0v) is 23.1.